The van der Waals surface area contributed by atoms with Gasteiger partial charge in [-0.2, -0.15) is 0 Å². The molecule has 0 radical (unpaired) electrons. The van der Waals surface area contributed by atoms with Gasteiger partial charge >= 0.3 is 0 Å². The molecule has 0 aliphatic heterocycles. The summed E-state index contributed by atoms with van der Waals surface area (Å²) < 4.78 is 6.36. The van der Waals surface area contributed by atoms with E-state index in [2.05, 4.69) is 175 Å². The SMILES string of the molecule is c1ccc(N(c2ccc(-c3cccc4ccccc34)cc2)c2ccc3c4ccccc4c4c(ccc5oc6ccccc6c54)c3c2)cc1. The van der Waals surface area contributed by atoms with Crippen LogP contribution in [-0.2, 0) is 0 Å². The van der Waals surface area contributed by atoms with Crippen molar-refractivity contribution in [3.8, 4) is 11.1 Å². The number of rotatable bonds is 4. The van der Waals surface area contributed by atoms with Gasteiger partial charge in [-0.15, -0.1) is 0 Å². The van der Waals surface area contributed by atoms with Crippen LogP contribution in [0.25, 0.3) is 76.2 Å². The molecule has 0 aliphatic carbocycles. The molecule has 0 unspecified atom stereocenters. The number of hydrogen-bond acceptors (Lipinski definition) is 2. The molecule has 2 heteroatoms. The Labute approximate surface area is 277 Å². The molecule has 0 aliphatic rings. The number of anilines is 3. The first kappa shape index (κ1) is 26.8. The third kappa shape index (κ3) is 4.06. The van der Waals surface area contributed by atoms with Gasteiger partial charge < -0.3 is 9.32 Å². The largest absolute Gasteiger partial charge is 0.456 e. The second-order valence-corrected chi connectivity index (χ2v) is 12.5. The Morgan fingerprint density at radius 3 is 1.79 bits per heavy atom. The van der Waals surface area contributed by atoms with Crippen LogP contribution in [0.5, 0.6) is 0 Å². The van der Waals surface area contributed by atoms with Crippen molar-refractivity contribution in [2.45, 2.75) is 0 Å². The molecule has 0 saturated carbocycles. The van der Waals surface area contributed by atoms with Crippen LogP contribution in [0.3, 0.4) is 0 Å². The molecule has 0 bridgehead atoms. The summed E-state index contributed by atoms with van der Waals surface area (Å²) in [5, 5.41) is 12.3. The summed E-state index contributed by atoms with van der Waals surface area (Å²) in [6.45, 7) is 0. The molecule has 10 aromatic rings. The molecule has 0 atom stereocenters. The minimum Gasteiger partial charge on any atom is -0.456 e. The van der Waals surface area contributed by atoms with E-state index in [9.17, 15) is 0 Å². The highest BCUT2D eigenvalue weighted by molar-refractivity contribution is 6.34. The van der Waals surface area contributed by atoms with E-state index in [1.165, 1.54) is 59.6 Å². The molecule has 0 saturated heterocycles. The zero-order valence-corrected chi connectivity index (χ0v) is 26.1. The van der Waals surface area contributed by atoms with E-state index in [0.29, 0.717) is 0 Å². The lowest BCUT2D eigenvalue weighted by atomic mass is 9.91. The summed E-state index contributed by atoms with van der Waals surface area (Å²) in [6, 6.07) is 63.2. The number of furan rings is 1. The smallest absolute Gasteiger partial charge is 0.136 e. The molecule has 0 fully saturated rings. The van der Waals surface area contributed by atoms with Crippen molar-refractivity contribution in [2.75, 3.05) is 4.90 Å². The number of para-hydroxylation sites is 2. The van der Waals surface area contributed by atoms with Gasteiger partial charge in [0.15, 0.2) is 0 Å². The van der Waals surface area contributed by atoms with Crippen LogP contribution in [0.1, 0.15) is 0 Å². The van der Waals surface area contributed by atoms with Gasteiger partial charge in [-0.25, -0.2) is 0 Å². The molecule has 9 aromatic carbocycles. The average Bonchev–Trinajstić information content (AvgIpc) is 3.54. The Morgan fingerprint density at radius 2 is 0.938 bits per heavy atom. The highest BCUT2D eigenvalue weighted by Crippen LogP contribution is 2.45. The van der Waals surface area contributed by atoms with Gasteiger partial charge in [0, 0.05) is 33.2 Å². The van der Waals surface area contributed by atoms with Gasteiger partial charge in [-0.3, -0.25) is 0 Å². The van der Waals surface area contributed by atoms with Crippen molar-refractivity contribution in [3.05, 3.63) is 176 Å². The maximum atomic E-state index is 6.36. The van der Waals surface area contributed by atoms with E-state index >= 15 is 0 Å². The maximum Gasteiger partial charge on any atom is 0.136 e. The number of fused-ring (bicyclic) bond motifs is 11. The van der Waals surface area contributed by atoms with Crippen LogP contribution < -0.4 is 4.90 Å². The molecule has 0 amide bonds. The van der Waals surface area contributed by atoms with Crippen molar-refractivity contribution in [3.63, 3.8) is 0 Å². The molecular weight excluding hydrogens is 583 g/mol. The van der Waals surface area contributed by atoms with Crippen LogP contribution >= 0.6 is 0 Å². The highest BCUT2D eigenvalue weighted by atomic mass is 16.3. The molecular formula is C46H29NO. The number of benzene rings is 9. The zero-order valence-electron chi connectivity index (χ0n) is 26.1. The second-order valence-electron chi connectivity index (χ2n) is 12.5. The summed E-state index contributed by atoms with van der Waals surface area (Å²) in [7, 11) is 0. The predicted octanol–water partition coefficient (Wildman–Crippen LogP) is 13.3. The first-order valence-corrected chi connectivity index (χ1v) is 16.4. The fourth-order valence-electron chi connectivity index (χ4n) is 7.68. The molecule has 2 nitrogen and oxygen atoms in total. The lowest BCUT2D eigenvalue weighted by molar-refractivity contribution is 0.669. The van der Waals surface area contributed by atoms with Crippen molar-refractivity contribution in [1.29, 1.82) is 0 Å². The van der Waals surface area contributed by atoms with Crippen LogP contribution in [0.15, 0.2) is 180 Å². The van der Waals surface area contributed by atoms with Crippen molar-refractivity contribution in [1.82, 2.24) is 0 Å². The molecule has 1 heterocycles. The lowest BCUT2D eigenvalue weighted by Gasteiger charge is -2.26. The minimum absolute atomic E-state index is 0.917. The van der Waals surface area contributed by atoms with E-state index in [1.807, 2.05) is 6.07 Å². The summed E-state index contributed by atoms with van der Waals surface area (Å²) >= 11 is 0. The first-order chi connectivity index (χ1) is 23.8. The molecule has 48 heavy (non-hydrogen) atoms. The van der Waals surface area contributed by atoms with E-state index in [1.54, 1.807) is 0 Å². The highest BCUT2D eigenvalue weighted by Gasteiger charge is 2.19. The van der Waals surface area contributed by atoms with Crippen LogP contribution in [0.2, 0.25) is 0 Å². The van der Waals surface area contributed by atoms with E-state index in [-0.39, 0.29) is 0 Å². The lowest BCUT2D eigenvalue weighted by Crippen LogP contribution is -2.09. The summed E-state index contributed by atoms with van der Waals surface area (Å²) in [6.07, 6.45) is 0. The maximum absolute atomic E-state index is 6.36. The Hall–Kier alpha value is -6.38. The number of hydrogen-bond donors (Lipinski definition) is 0. The van der Waals surface area contributed by atoms with Gasteiger partial charge in [-0.1, -0.05) is 121 Å². The van der Waals surface area contributed by atoms with E-state index < -0.39 is 0 Å². The monoisotopic (exact) mass is 611 g/mol. The average molecular weight is 612 g/mol. The van der Waals surface area contributed by atoms with Gasteiger partial charge in [0.25, 0.3) is 0 Å². The van der Waals surface area contributed by atoms with Gasteiger partial charge in [-0.05, 0) is 103 Å². The molecule has 0 N–H and O–H groups in total. The first-order valence-electron chi connectivity index (χ1n) is 16.4. The fourth-order valence-corrected chi connectivity index (χ4v) is 7.68. The zero-order chi connectivity index (χ0) is 31.6. The van der Waals surface area contributed by atoms with Crippen molar-refractivity contribution < 1.29 is 4.42 Å². The van der Waals surface area contributed by atoms with Crippen LogP contribution in [0.4, 0.5) is 17.1 Å². The standard InChI is InChI=1S/C46H29NO/c1-2-13-32(14-3-1)47(33-23-21-31(22-24-33)36-19-10-12-30-11-4-5-15-35(30)36)34-25-26-38-37-16-6-7-17-39(37)45-40(42(38)29-34)27-28-44-46(45)41-18-8-9-20-43(41)48-44/h1-29H. The second kappa shape index (κ2) is 10.6. The number of nitrogens with zero attached hydrogens (tertiary/aromatic N) is 1. The van der Waals surface area contributed by atoms with Crippen molar-refractivity contribution in [2.24, 2.45) is 0 Å². The summed E-state index contributed by atoms with van der Waals surface area (Å²) in [4.78, 5) is 2.36. The van der Waals surface area contributed by atoms with Gasteiger partial charge in [0.2, 0.25) is 0 Å². The summed E-state index contributed by atoms with van der Waals surface area (Å²) in [5.74, 6) is 0. The Balaban J connectivity index is 1.21. The predicted molar refractivity (Wildman–Crippen MR) is 204 cm³/mol. The van der Waals surface area contributed by atoms with Gasteiger partial charge in [0.1, 0.15) is 11.2 Å². The van der Waals surface area contributed by atoms with Crippen molar-refractivity contribution >= 4 is 82.1 Å². The van der Waals surface area contributed by atoms with Crippen LogP contribution in [0, 0.1) is 0 Å². The van der Waals surface area contributed by atoms with Gasteiger partial charge in [0.05, 0.1) is 0 Å². The Bertz CT molecular complexity index is 2820. The Morgan fingerprint density at radius 1 is 0.333 bits per heavy atom. The molecule has 0 spiro atoms. The molecule has 10 rings (SSSR count). The summed E-state index contributed by atoms with van der Waals surface area (Å²) in [5.41, 5.74) is 7.62. The molecule has 1 aromatic heterocycles. The minimum atomic E-state index is 0.917. The fraction of sp³-hybridized carbons (Fsp3) is 0. The molecule has 224 valence electrons. The topological polar surface area (TPSA) is 16.4 Å². The third-order valence-electron chi connectivity index (χ3n) is 9.82. The quantitative estimate of drug-likeness (QED) is 0.184. The van der Waals surface area contributed by atoms with E-state index in [4.69, 9.17) is 4.42 Å². The Kier molecular flexibility index (Phi) is 5.91. The third-order valence-corrected chi connectivity index (χ3v) is 9.82. The normalized spacial score (nSPS) is 11.8. The van der Waals surface area contributed by atoms with E-state index in [0.717, 1.165) is 33.6 Å². The van der Waals surface area contributed by atoms with Crippen LogP contribution in [-0.4, -0.2) is 0 Å².